The number of aliphatic carboxylic acids is 1. The fourth-order valence-electron chi connectivity index (χ4n) is 5.31. The smallest absolute Gasteiger partial charge is 0.323 e. The summed E-state index contributed by atoms with van der Waals surface area (Å²) < 4.78 is 12.4. The third kappa shape index (κ3) is 5.97. The quantitative estimate of drug-likeness (QED) is 0.140. The van der Waals surface area contributed by atoms with Crippen LogP contribution in [0.5, 0.6) is 0 Å². The fourth-order valence-corrected chi connectivity index (χ4v) is 5.31. The number of nitrogens with zero attached hydrogens (tertiary/aromatic N) is 1. The Morgan fingerprint density at radius 3 is 1.47 bits per heavy atom. The largest absolute Gasteiger partial charge is 0.480 e. The van der Waals surface area contributed by atoms with Gasteiger partial charge in [0.2, 0.25) is 0 Å². The Morgan fingerprint density at radius 1 is 0.674 bits per heavy atom. The van der Waals surface area contributed by atoms with Gasteiger partial charge < -0.3 is 60.0 Å². The molecular weight excluding hydrogens is 566 g/mol. The zero-order chi connectivity index (χ0) is 31.0. The highest BCUT2D eigenvalue weighted by molar-refractivity contribution is 6.09. The maximum absolute atomic E-state index is 11.8. The average molecular weight is 598 g/mol. The first-order chi connectivity index (χ1) is 20.5. The molecule has 3 heterocycles. The number of rotatable bonds is 4. The molecule has 3 aromatic rings. The summed E-state index contributed by atoms with van der Waals surface area (Å²) in [6.45, 7) is -1.56. The van der Waals surface area contributed by atoms with E-state index in [1.165, 1.54) is 0 Å². The molecule has 0 unspecified atom stereocenters. The highest BCUT2D eigenvalue weighted by Gasteiger charge is 2.43. The molecule has 43 heavy (non-hydrogen) atoms. The number of benzene rings is 2. The Bertz CT molecular complexity index is 1520. The molecule has 1 aromatic heterocycles. The second-order valence-corrected chi connectivity index (χ2v) is 10.5. The van der Waals surface area contributed by atoms with Crippen LogP contribution in [-0.4, -0.2) is 131 Å². The number of aliphatic hydroxyl groups excluding tert-OH is 8. The molecule has 13 heteroatoms. The van der Waals surface area contributed by atoms with Crippen molar-refractivity contribution in [3.63, 3.8) is 0 Å². The molecule has 2 saturated heterocycles. The molecule has 9 N–H and O–H groups in total. The van der Waals surface area contributed by atoms with E-state index in [2.05, 4.69) is 23.7 Å². The fraction of sp³-hybridized carbons (Fsp3) is 0.433. The molecule has 13 nitrogen and oxygen atoms in total. The Balaban J connectivity index is 1.49. The first-order valence-corrected chi connectivity index (χ1v) is 13.5. The van der Waals surface area contributed by atoms with Crippen LogP contribution in [0.1, 0.15) is 11.1 Å². The molecule has 2 aromatic carbocycles. The van der Waals surface area contributed by atoms with Crippen LogP contribution in [0.15, 0.2) is 36.4 Å². The molecule has 0 saturated carbocycles. The predicted molar refractivity (Wildman–Crippen MR) is 148 cm³/mol. The van der Waals surface area contributed by atoms with Gasteiger partial charge in [0, 0.05) is 21.9 Å². The van der Waals surface area contributed by atoms with Crippen LogP contribution in [0, 0.1) is 23.7 Å². The van der Waals surface area contributed by atoms with Crippen molar-refractivity contribution < 1.29 is 60.2 Å². The second kappa shape index (κ2) is 12.6. The van der Waals surface area contributed by atoms with E-state index >= 15 is 0 Å². The minimum atomic E-state index is -1.57. The molecule has 0 radical (unpaired) electrons. The number of carboxylic acids is 1. The minimum absolute atomic E-state index is 0.396. The van der Waals surface area contributed by atoms with E-state index in [1.807, 2.05) is 0 Å². The maximum Gasteiger partial charge on any atom is 0.323 e. The molecule has 0 bridgehead atoms. The van der Waals surface area contributed by atoms with Crippen molar-refractivity contribution in [1.29, 1.82) is 0 Å². The van der Waals surface area contributed by atoms with Crippen molar-refractivity contribution in [2.45, 2.75) is 67.6 Å². The van der Waals surface area contributed by atoms with Crippen LogP contribution < -0.4 is 0 Å². The zero-order valence-corrected chi connectivity index (χ0v) is 22.6. The number of carboxylic acid groups (broad SMARTS) is 1. The van der Waals surface area contributed by atoms with Crippen LogP contribution in [0.2, 0.25) is 0 Å². The number of aliphatic hydroxyl groups is 8. The van der Waals surface area contributed by atoms with Crippen LogP contribution in [0.4, 0.5) is 0 Å². The highest BCUT2D eigenvalue weighted by Crippen LogP contribution is 2.31. The first-order valence-electron chi connectivity index (χ1n) is 13.5. The predicted octanol–water partition coefficient (Wildman–Crippen LogP) is -2.73. The standard InChI is InChI=1S/C30H31NO12/c32-12-22-27(38)29(40)25(36)20(42-22)7-3-14-1-5-16-17-6-2-15(10-19(17)31(11-24(34)35)18(16)9-14)4-8-21-26(37)30(41)28(39)23(13-33)43-21/h1-2,5-6,9-10,20-23,25-30,32-33,36-41H,11-13H2,(H,34,35)/t20-,21-,22-,23-,25-,26-,27-,28-,29-,30-/m1/s1. The van der Waals surface area contributed by atoms with E-state index in [4.69, 9.17) is 9.47 Å². The summed E-state index contributed by atoms with van der Waals surface area (Å²) in [5.74, 6) is 9.99. The van der Waals surface area contributed by atoms with Gasteiger partial charge in [0.15, 0.2) is 0 Å². The molecule has 0 amide bonds. The first kappa shape index (κ1) is 30.9. The van der Waals surface area contributed by atoms with Gasteiger partial charge in [0.25, 0.3) is 0 Å². The van der Waals surface area contributed by atoms with Gasteiger partial charge in [-0.25, -0.2) is 0 Å². The molecule has 5 rings (SSSR count). The van der Waals surface area contributed by atoms with Gasteiger partial charge in [0.05, 0.1) is 24.2 Å². The van der Waals surface area contributed by atoms with Crippen LogP contribution in [-0.2, 0) is 20.8 Å². The summed E-state index contributed by atoms with van der Waals surface area (Å²) in [6.07, 6.45) is -13.8. The van der Waals surface area contributed by atoms with E-state index in [0.29, 0.717) is 22.2 Å². The van der Waals surface area contributed by atoms with Gasteiger partial charge in [-0.3, -0.25) is 4.79 Å². The van der Waals surface area contributed by atoms with Crippen molar-refractivity contribution in [3.8, 4) is 23.7 Å². The summed E-state index contributed by atoms with van der Waals surface area (Å²) in [6, 6.07) is 10.2. The third-order valence-electron chi connectivity index (χ3n) is 7.66. The SMILES string of the molecule is O=C(O)Cn1c2cc(C#C[C@H]3O[C@H](CO)[C@@H](O)[C@H](O)[C@@H]3O)ccc2c2ccc(C#C[C@H]3O[C@H](CO)[C@@H](O)[C@H](O)[C@@H]3O)cc21. The minimum Gasteiger partial charge on any atom is -0.480 e. The number of ether oxygens (including phenoxy) is 2. The van der Waals surface area contributed by atoms with Gasteiger partial charge in [0.1, 0.15) is 67.6 Å². The number of carbonyl (C=O) groups is 1. The molecule has 228 valence electrons. The van der Waals surface area contributed by atoms with Crippen LogP contribution in [0.25, 0.3) is 21.8 Å². The maximum atomic E-state index is 11.8. The normalized spacial score (nSPS) is 32.6. The lowest BCUT2D eigenvalue weighted by molar-refractivity contribution is -0.214. The van der Waals surface area contributed by atoms with Gasteiger partial charge in [-0.1, -0.05) is 35.8 Å². The number of fused-ring (bicyclic) bond motifs is 3. The van der Waals surface area contributed by atoms with E-state index in [1.54, 1.807) is 41.0 Å². The van der Waals surface area contributed by atoms with Crippen molar-refractivity contribution in [2.24, 2.45) is 0 Å². The van der Waals surface area contributed by atoms with Gasteiger partial charge in [-0.2, -0.15) is 0 Å². The molecular formula is C30H31NO12. The lowest BCUT2D eigenvalue weighted by Crippen LogP contribution is -2.58. The van der Waals surface area contributed by atoms with Crippen molar-refractivity contribution >= 4 is 27.8 Å². The Kier molecular flexibility index (Phi) is 9.03. The molecule has 0 spiro atoms. The lowest BCUT2D eigenvalue weighted by Gasteiger charge is -2.37. The van der Waals surface area contributed by atoms with Crippen LogP contribution >= 0.6 is 0 Å². The molecule has 2 aliphatic heterocycles. The van der Waals surface area contributed by atoms with Crippen molar-refractivity contribution in [3.05, 3.63) is 47.5 Å². The number of aromatic nitrogens is 1. The number of hydrogen-bond donors (Lipinski definition) is 9. The van der Waals surface area contributed by atoms with E-state index in [0.717, 1.165) is 10.8 Å². The van der Waals surface area contributed by atoms with E-state index in [-0.39, 0.29) is 0 Å². The second-order valence-electron chi connectivity index (χ2n) is 10.5. The lowest BCUT2D eigenvalue weighted by atomic mass is 9.95. The van der Waals surface area contributed by atoms with E-state index in [9.17, 15) is 50.8 Å². The van der Waals surface area contributed by atoms with Gasteiger partial charge >= 0.3 is 5.97 Å². The Hall–Kier alpha value is -3.57. The monoisotopic (exact) mass is 597 g/mol. The Morgan fingerprint density at radius 2 is 1.09 bits per heavy atom. The Labute approximate surface area is 244 Å². The van der Waals surface area contributed by atoms with Crippen LogP contribution in [0.3, 0.4) is 0 Å². The highest BCUT2D eigenvalue weighted by atomic mass is 16.5. The van der Waals surface area contributed by atoms with Gasteiger partial charge in [-0.05, 0) is 24.3 Å². The van der Waals surface area contributed by atoms with E-state index < -0.39 is 86.8 Å². The third-order valence-corrected chi connectivity index (χ3v) is 7.66. The van der Waals surface area contributed by atoms with Gasteiger partial charge in [-0.15, -0.1) is 0 Å². The zero-order valence-electron chi connectivity index (χ0n) is 22.6. The summed E-state index contributed by atoms with van der Waals surface area (Å²) in [5.41, 5.74) is 1.97. The topological polar surface area (TPSA) is 223 Å². The molecule has 2 aliphatic rings. The summed E-state index contributed by atoms with van der Waals surface area (Å²) in [4.78, 5) is 11.8. The molecule has 10 atom stereocenters. The van der Waals surface area contributed by atoms with Crippen molar-refractivity contribution in [1.82, 2.24) is 4.57 Å². The average Bonchev–Trinajstić information content (AvgIpc) is 3.29. The summed E-state index contributed by atoms with van der Waals surface area (Å²) in [7, 11) is 0. The number of hydrogen-bond acceptors (Lipinski definition) is 11. The molecule has 0 aliphatic carbocycles. The van der Waals surface area contributed by atoms with Crippen molar-refractivity contribution in [2.75, 3.05) is 13.2 Å². The summed E-state index contributed by atoms with van der Waals surface area (Å²) >= 11 is 0. The summed E-state index contributed by atoms with van der Waals surface area (Å²) in [5, 5.41) is 90.4. The molecule has 2 fully saturated rings.